The van der Waals surface area contributed by atoms with Crippen molar-refractivity contribution in [3.05, 3.63) is 62.2 Å². The lowest BCUT2D eigenvalue weighted by Crippen LogP contribution is -2.22. The molecule has 0 radical (unpaired) electrons. The number of fused-ring (bicyclic) bond motifs is 1. The van der Waals surface area contributed by atoms with Gasteiger partial charge in [-0.25, -0.2) is 4.79 Å². The summed E-state index contributed by atoms with van der Waals surface area (Å²) in [6, 6.07) is 8.67. The maximum absolute atomic E-state index is 12.3. The Balaban J connectivity index is 2.25. The molecule has 2 heterocycles. The van der Waals surface area contributed by atoms with Gasteiger partial charge in [-0.3, -0.25) is 9.36 Å². The molecule has 0 saturated carbocycles. The number of carbonyl (C=O) groups is 1. The van der Waals surface area contributed by atoms with Gasteiger partial charge in [0.2, 0.25) is 0 Å². The molecule has 2 N–H and O–H groups in total. The van der Waals surface area contributed by atoms with Crippen LogP contribution in [0.3, 0.4) is 0 Å². The van der Waals surface area contributed by atoms with Crippen LogP contribution in [-0.2, 0) is 6.54 Å². The molecule has 0 aliphatic heterocycles. The number of carboxylic acids is 1. The number of aromatic carboxylic acids is 1. The topological polar surface area (TPSA) is 79.5 Å². The molecule has 0 amide bonds. The number of benzene rings is 1. The minimum Gasteiger partial charge on any atom is -0.502 e. The summed E-state index contributed by atoms with van der Waals surface area (Å²) in [7, 11) is 0. The second-order valence-electron chi connectivity index (χ2n) is 4.68. The van der Waals surface area contributed by atoms with E-state index in [-0.39, 0.29) is 12.1 Å². The van der Waals surface area contributed by atoms with E-state index in [4.69, 9.17) is 11.6 Å². The van der Waals surface area contributed by atoms with Crippen LogP contribution >= 0.6 is 22.9 Å². The summed E-state index contributed by atoms with van der Waals surface area (Å²) in [5.74, 6) is -2.07. The van der Waals surface area contributed by atoms with Crippen molar-refractivity contribution in [3.8, 4) is 5.75 Å². The number of hydrogen-bond donors (Lipinski definition) is 2. The summed E-state index contributed by atoms with van der Waals surface area (Å²) < 4.78 is 1.71. The van der Waals surface area contributed by atoms with Crippen molar-refractivity contribution in [1.29, 1.82) is 0 Å². The van der Waals surface area contributed by atoms with Crippen LogP contribution in [0.5, 0.6) is 5.75 Å². The van der Waals surface area contributed by atoms with Crippen molar-refractivity contribution in [3.63, 3.8) is 0 Å². The number of aromatic hydroxyl groups is 1. The summed E-state index contributed by atoms with van der Waals surface area (Å²) in [6.07, 6.45) is 0. The van der Waals surface area contributed by atoms with E-state index in [1.807, 2.05) is 0 Å². The lowest BCUT2D eigenvalue weighted by atomic mass is 10.2. The van der Waals surface area contributed by atoms with Crippen LogP contribution in [0.4, 0.5) is 0 Å². The Morgan fingerprint density at radius 3 is 2.77 bits per heavy atom. The molecule has 0 fully saturated rings. The Labute approximate surface area is 133 Å². The molecular formula is C15H10ClNO4S. The number of rotatable bonds is 3. The smallest absolute Gasteiger partial charge is 0.341 e. The zero-order valence-electron chi connectivity index (χ0n) is 11.1. The predicted octanol–water partition coefficient (Wildman–Crippen LogP) is 3.17. The van der Waals surface area contributed by atoms with Crippen LogP contribution in [0.1, 0.15) is 15.9 Å². The first kappa shape index (κ1) is 14.6. The lowest BCUT2D eigenvalue weighted by molar-refractivity contribution is 0.0695. The molecule has 0 spiro atoms. The molecule has 2 aromatic heterocycles. The minimum absolute atomic E-state index is 0.195. The third-order valence-electron chi connectivity index (χ3n) is 3.29. The number of nitrogens with zero attached hydrogens (tertiary/aromatic N) is 1. The normalized spacial score (nSPS) is 11.0. The van der Waals surface area contributed by atoms with Gasteiger partial charge in [0.05, 0.1) is 16.8 Å². The quantitative estimate of drug-likeness (QED) is 0.770. The van der Waals surface area contributed by atoms with Crippen molar-refractivity contribution in [2.45, 2.75) is 6.54 Å². The molecular weight excluding hydrogens is 326 g/mol. The number of hydrogen-bond acceptors (Lipinski definition) is 4. The van der Waals surface area contributed by atoms with Gasteiger partial charge in [-0.2, -0.15) is 0 Å². The van der Waals surface area contributed by atoms with E-state index in [9.17, 15) is 19.8 Å². The van der Waals surface area contributed by atoms with Gasteiger partial charge >= 0.3 is 5.97 Å². The average Bonchev–Trinajstić information content (AvgIpc) is 2.92. The van der Waals surface area contributed by atoms with Crippen LogP contribution in [0, 0.1) is 0 Å². The van der Waals surface area contributed by atoms with Gasteiger partial charge in [-0.05, 0) is 29.1 Å². The van der Waals surface area contributed by atoms with Gasteiger partial charge in [-0.1, -0.05) is 23.7 Å². The van der Waals surface area contributed by atoms with Crippen molar-refractivity contribution in [2.24, 2.45) is 0 Å². The molecule has 0 aliphatic rings. The van der Waals surface area contributed by atoms with E-state index in [1.54, 1.807) is 35.7 Å². The minimum atomic E-state index is -1.32. The highest BCUT2D eigenvalue weighted by molar-refractivity contribution is 7.17. The molecule has 0 aliphatic carbocycles. The molecule has 0 unspecified atom stereocenters. The average molecular weight is 336 g/mol. The molecule has 3 aromatic rings. The Hall–Kier alpha value is -2.31. The summed E-state index contributed by atoms with van der Waals surface area (Å²) in [4.78, 5) is 23.6. The number of carboxylic acid groups (broad SMARTS) is 1. The van der Waals surface area contributed by atoms with Crippen molar-refractivity contribution >= 4 is 39.1 Å². The first-order valence-electron chi connectivity index (χ1n) is 6.29. The molecule has 3 rings (SSSR count). The SMILES string of the molecule is O=C(O)c1c(O)c(=O)n(Cc2cccc(Cl)c2)c2ccsc12. The van der Waals surface area contributed by atoms with Gasteiger partial charge in [0, 0.05) is 5.02 Å². The van der Waals surface area contributed by atoms with E-state index in [0.717, 1.165) is 5.56 Å². The second-order valence-corrected chi connectivity index (χ2v) is 6.04. The van der Waals surface area contributed by atoms with Crippen LogP contribution in [0.25, 0.3) is 10.2 Å². The number of pyridine rings is 1. The van der Waals surface area contributed by atoms with E-state index >= 15 is 0 Å². The fourth-order valence-corrected chi connectivity index (χ4v) is 3.47. The van der Waals surface area contributed by atoms with Gasteiger partial charge in [0.15, 0.2) is 5.75 Å². The first-order valence-corrected chi connectivity index (χ1v) is 7.55. The van der Waals surface area contributed by atoms with E-state index in [0.29, 0.717) is 15.2 Å². The third kappa shape index (κ3) is 2.36. The fourth-order valence-electron chi connectivity index (χ4n) is 2.33. The zero-order valence-corrected chi connectivity index (χ0v) is 12.7. The first-order chi connectivity index (χ1) is 10.5. The Kier molecular flexibility index (Phi) is 3.64. The van der Waals surface area contributed by atoms with Gasteiger partial charge in [0.1, 0.15) is 5.56 Å². The van der Waals surface area contributed by atoms with Crippen LogP contribution in [-0.4, -0.2) is 20.7 Å². The molecule has 7 heteroatoms. The summed E-state index contributed by atoms with van der Waals surface area (Å²) >= 11 is 7.10. The molecule has 5 nitrogen and oxygen atoms in total. The highest BCUT2D eigenvalue weighted by atomic mass is 35.5. The third-order valence-corrected chi connectivity index (χ3v) is 4.45. The Morgan fingerprint density at radius 1 is 1.32 bits per heavy atom. The molecule has 0 bridgehead atoms. The van der Waals surface area contributed by atoms with Crippen LogP contribution < -0.4 is 5.56 Å². The zero-order chi connectivity index (χ0) is 15.9. The Morgan fingerprint density at radius 2 is 2.09 bits per heavy atom. The number of halogens is 1. The van der Waals surface area contributed by atoms with Crippen molar-refractivity contribution < 1.29 is 15.0 Å². The van der Waals surface area contributed by atoms with E-state index < -0.39 is 17.3 Å². The van der Waals surface area contributed by atoms with Gasteiger partial charge in [0.25, 0.3) is 5.56 Å². The van der Waals surface area contributed by atoms with Crippen LogP contribution in [0.15, 0.2) is 40.5 Å². The van der Waals surface area contributed by atoms with Crippen molar-refractivity contribution in [2.75, 3.05) is 0 Å². The molecule has 1 aromatic carbocycles. The number of thiophene rings is 1. The largest absolute Gasteiger partial charge is 0.502 e. The summed E-state index contributed by atoms with van der Waals surface area (Å²) in [6.45, 7) is 0.195. The monoisotopic (exact) mass is 335 g/mol. The standard InChI is InChI=1S/C15H10ClNO4S/c16-9-3-1-2-8(6-9)7-17-10-4-5-22-13(10)11(15(20)21)12(18)14(17)19/h1-6,18H,7H2,(H,20,21). The van der Waals surface area contributed by atoms with Gasteiger partial charge in [-0.15, -0.1) is 11.3 Å². The molecule has 0 atom stereocenters. The van der Waals surface area contributed by atoms with Gasteiger partial charge < -0.3 is 10.2 Å². The maximum Gasteiger partial charge on any atom is 0.341 e. The fraction of sp³-hybridized carbons (Fsp3) is 0.0667. The molecule has 22 heavy (non-hydrogen) atoms. The molecule has 0 saturated heterocycles. The highest BCUT2D eigenvalue weighted by Crippen LogP contribution is 2.29. The highest BCUT2D eigenvalue weighted by Gasteiger charge is 2.22. The van der Waals surface area contributed by atoms with Crippen molar-refractivity contribution in [1.82, 2.24) is 4.57 Å². The summed E-state index contributed by atoms with van der Waals surface area (Å²) in [5, 5.41) is 21.4. The van der Waals surface area contributed by atoms with E-state index in [2.05, 4.69) is 0 Å². The number of aromatic nitrogens is 1. The van der Waals surface area contributed by atoms with Crippen LogP contribution in [0.2, 0.25) is 5.02 Å². The maximum atomic E-state index is 12.3. The lowest BCUT2D eigenvalue weighted by Gasteiger charge is -2.11. The summed E-state index contributed by atoms with van der Waals surface area (Å²) in [5.41, 5.74) is 0.176. The van der Waals surface area contributed by atoms with E-state index in [1.165, 1.54) is 15.9 Å². The molecule has 112 valence electrons. The predicted molar refractivity (Wildman–Crippen MR) is 85.3 cm³/mol. The second kappa shape index (κ2) is 5.47. The Bertz CT molecular complexity index is 944.